The molecule has 25 heavy (non-hydrogen) atoms. The quantitative estimate of drug-likeness (QED) is 0.391. The first-order valence-electron chi connectivity index (χ1n) is 9.20. The van der Waals surface area contributed by atoms with Crippen LogP contribution < -0.4 is 0 Å². The predicted molar refractivity (Wildman–Crippen MR) is 107 cm³/mol. The summed E-state index contributed by atoms with van der Waals surface area (Å²) >= 11 is 1.96. The van der Waals surface area contributed by atoms with Gasteiger partial charge in [-0.2, -0.15) is 0 Å². The molecule has 0 unspecified atom stereocenters. The van der Waals surface area contributed by atoms with E-state index in [-0.39, 0.29) is 0 Å². The van der Waals surface area contributed by atoms with Crippen LogP contribution >= 0.6 is 11.8 Å². The molecule has 0 aliphatic heterocycles. The number of rotatable bonds is 8. The van der Waals surface area contributed by atoms with Crippen LogP contribution in [0.5, 0.6) is 0 Å². The van der Waals surface area contributed by atoms with Gasteiger partial charge in [-0.1, -0.05) is 31.5 Å². The van der Waals surface area contributed by atoms with Gasteiger partial charge in [0.25, 0.3) is 0 Å². The third-order valence-electron chi connectivity index (χ3n) is 4.71. The van der Waals surface area contributed by atoms with Crippen molar-refractivity contribution < 1.29 is 0 Å². The van der Waals surface area contributed by atoms with Crippen LogP contribution in [0.1, 0.15) is 43.3 Å². The summed E-state index contributed by atoms with van der Waals surface area (Å²) in [6.45, 7) is 7.49. The number of imidazole rings is 1. The number of nitrogens with zero attached hydrogens (tertiary/aromatic N) is 3. The van der Waals surface area contributed by atoms with Crippen molar-refractivity contribution in [3.8, 4) is 0 Å². The van der Waals surface area contributed by atoms with Crippen molar-refractivity contribution in [3.63, 3.8) is 0 Å². The number of benzene rings is 1. The van der Waals surface area contributed by atoms with Gasteiger partial charge in [0.15, 0.2) is 0 Å². The molecule has 0 N–H and O–H groups in total. The van der Waals surface area contributed by atoms with E-state index >= 15 is 0 Å². The maximum atomic E-state index is 4.78. The minimum Gasteiger partial charge on any atom is -0.328 e. The lowest BCUT2D eigenvalue weighted by Crippen LogP contribution is -2.05. The molecule has 0 saturated carbocycles. The van der Waals surface area contributed by atoms with Crippen molar-refractivity contribution in [2.24, 2.45) is 0 Å². The molecule has 3 rings (SSSR count). The van der Waals surface area contributed by atoms with E-state index in [1.165, 1.54) is 46.8 Å². The molecule has 2 aromatic heterocycles. The standard InChI is InChI=1S/C21H27N3S/c1-4-20-23-19-15-22-17(3)16(2)21(19)24(20)13-9-6-10-14-25-18-11-7-5-8-12-18/h5,7-8,11-12,15H,4,6,9-10,13-14H2,1-3H3. The molecule has 0 saturated heterocycles. The summed E-state index contributed by atoms with van der Waals surface area (Å²) in [5.74, 6) is 2.38. The molecule has 0 spiro atoms. The van der Waals surface area contributed by atoms with E-state index in [4.69, 9.17) is 4.98 Å². The van der Waals surface area contributed by atoms with Crippen LogP contribution in [-0.2, 0) is 13.0 Å². The van der Waals surface area contributed by atoms with Gasteiger partial charge in [-0.15, -0.1) is 11.8 Å². The smallest absolute Gasteiger partial charge is 0.109 e. The molecule has 0 aliphatic rings. The van der Waals surface area contributed by atoms with E-state index in [9.17, 15) is 0 Å². The van der Waals surface area contributed by atoms with Crippen molar-refractivity contribution in [1.82, 2.24) is 14.5 Å². The molecule has 0 amide bonds. The van der Waals surface area contributed by atoms with Crippen molar-refractivity contribution in [1.29, 1.82) is 0 Å². The van der Waals surface area contributed by atoms with Crippen LogP contribution in [0.3, 0.4) is 0 Å². The van der Waals surface area contributed by atoms with Crippen molar-refractivity contribution in [2.45, 2.75) is 57.9 Å². The van der Waals surface area contributed by atoms with Gasteiger partial charge in [-0.05, 0) is 50.1 Å². The van der Waals surface area contributed by atoms with E-state index in [1.807, 2.05) is 18.0 Å². The first-order valence-corrected chi connectivity index (χ1v) is 10.2. The zero-order chi connectivity index (χ0) is 17.6. The summed E-state index contributed by atoms with van der Waals surface area (Å²) < 4.78 is 2.42. The van der Waals surface area contributed by atoms with E-state index in [1.54, 1.807) is 0 Å². The van der Waals surface area contributed by atoms with Crippen LogP contribution in [-0.4, -0.2) is 20.3 Å². The lowest BCUT2D eigenvalue weighted by atomic mass is 10.2. The Morgan fingerprint density at radius 3 is 2.60 bits per heavy atom. The molecule has 2 heterocycles. The van der Waals surface area contributed by atoms with Gasteiger partial charge >= 0.3 is 0 Å². The van der Waals surface area contributed by atoms with Gasteiger partial charge in [0.1, 0.15) is 11.3 Å². The summed E-state index contributed by atoms with van der Waals surface area (Å²) in [7, 11) is 0. The monoisotopic (exact) mass is 353 g/mol. The van der Waals surface area contributed by atoms with E-state index < -0.39 is 0 Å². The summed E-state index contributed by atoms with van der Waals surface area (Å²) in [4.78, 5) is 10.6. The third kappa shape index (κ3) is 4.24. The molecule has 0 aliphatic carbocycles. The Kier molecular flexibility index (Phi) is 6.14. The second-order valence-corrected chi connectivity index (χ2v) is 7.63. The molecular formula is C21H27N3S. The summed E-state index contributed by atoms with van der Waals surface area (Å²) in [6, 6.07) is 10.7. The lowest BCUT2D eigenvalue weighted by molar-refractivity contribution is 0.595. The zero-order valence-corrected chi connectivity index (χ0v) is 16.3. The highest BCUT2D eigenvalue weighted by molar-refractivity contribution is 7.99. The lowest BCUT2D eigenvalue weighted by Gasteiger charge is -2.10. The molecule has 132 valence electrons. The predicted octanol–water partition coefficient (Wildman–Crippen LogP) is 5.57. The van der Waals surface area contributed by atoms with Crippen LogP contribution in [0, 0.1) is 13.8 Å². The maximum absolute atomic E-state index is 4.78. The molecule has 0 radical (unpaired) electrons. The summed E-state index contributed by atoms with van der Waals surface area (Å²) in [5, 5.41) is 0. The number of aromatic nitrogens is 3. The van der Waals surface area contributed by atoms with Gasteiger partial charge in [0.2, 0.25) is 0 Å². The third-order valence-corrected chi connectivity index (χ3v) is 5.80. The fourth-order valence-corrected chi connectivity index (χ4v) is 4.13. The zero-order valence-electron chi connectivity index (χ0n) is 15.5. The highest BCUT2D eigenvalue weighted by Gasteiger charge is 2.13. The van der Waals surface area contributed by atoms with Gasteiger partial charge in [-0.3, -0.25) is 4.98 Å². The Balaban J connectivity index is 1.57. The topological polar surface area (TPSA) is 30.7 Å². The van der Waals surface area contributed by atoms with E-state index in [2.05, 4.69) is 60.7 Å². The minimum absolute atomic E-state index is 0.969. The van der Waals surface area contributed by atoms with Crippen LogP contribution in [0.4, 0.5) is 0 Å². The van der Waals surface area contributed by atoms with Gasteiger partial charge in [0.05, 0.1) is 11.7 Å². The second kappa shape index (κ2) is 8.52. The number of hydrogen-bond acceptors (Lipinski definition) is 3. The Morgan fingerprint density at radius 2 is 1.84 bits per heavy atom. The van der Waals surface area contributed by atoms with Crippen molar-refractivity contribution in [2.75, 3.05) is 5.75 Å². The van der Waals surface area contributed by atoms with E-state index in [0.29, 0.717) is 0 Å². The molecule has 1 aromatic carbocycles. The fourth-order valence-electron chi connectivity index (χ4n) is 3.20. The number of pyridine rings is 1. The fraction of sp³-hybridized carbons (Fsp3) is 0.429. The highest BCUT2D eigenvalue weighted by Crippen LogP contribution is 2.23. The number of fused-ring (bicyclic) bond motifs is 1. The average molecular weight is 354 g/mol. The van der Waals surface area contributed by atoms with Crippen LogP contribution in [0.15, 0.2) is 41.4 Å². The van der Waals surface area contributed by atoms with Gasteiger partial charge in [-0.25, -0.2) is 4.98 Å². The van der Waals surface area contributed by atoms with Crippen LogP contribution in [0.2, 0.25) is 0 Å². The Hall–Kier alpha value is -1.81. The Labute approximate surface area is 154 Å². The van der Waals surface area contributed by atoms with Crippen molar-refractivity contribution >= 4 is 22.8 Å². The number of unbranched alkanes of at least 4 members (excludes halogenated alkanes) is 2. The minimum atomic E-state index is 0.969. The maximum Gasteiger partial charge on any atom is 0.109 e. The largest absolute Gasteiger partial charge is 0.328 e. The Morgan fingerprint density at radius 1 is 1.04 bits per heavy atom. The van der Waals surface area contributed by atoms with Crippen molar-refractivity contribution in [3.05, 3.63) is 53.6 Å². The second-order valence-electron chi connectivity index (χ2n) is 6.46. The normalized spacial score (nSPS) is 11.3. The first-order chi connectivity index (χ1) is 12.2. The van der Waals surface area contributed by atoms with E-state index in [0.717, 1.165) is 24.2 Å². The number of hydrogen-bond donors (Lipinski definition) is 0. The SMILES string of the molecule is CCc1nc2cnc(C)c(C)c2n1CCCCCSc1ccccc1. The molecule has 4 heteroatoms. The van der Waals surface area contributed by atoms with Gasteiger partial charge < -0.3 is 4.57 Å². The number of thioether (sulfide) groups is 1. The average Bonchev–Trinajstić information content (AvgIpc) is 3.00. The summed E-state index contributed by atoms with van der Waals surface area (Å²) in [6.07, 6.45) is 6.61. The molecule has 3 nitrogen and oxygen atoms in total. The molecule has 0 atom stereocenters. The number of aryl methyl sites for hydroxylation is 4. The summed E-state index contributed by atoms with van der Waals surface area (Å²) in [5.41, 5.74) is 4.70. The van der Waals surface area contributed by atoms with Gasteiger partial charge in [0, 0.05) is 23.6 Å². The highest BCUT2D eigenvalue weighted by atomic mass is 32.2. The Bertz CT molecular complexity index is 824. The first kappa shape index (κ1) is 18.0. The molecule has 0 bridgehead atoms. The molecule has 3 aromatic rings. The van der Waals surface area contributed by atoms with Crippen LogP contribution in [0.25, 0.3) is 11.0 Å². The molecule has 0 fully saturated rings. The molecular weight excluding hydrogens is 326 g/mol.